The van der Waals surface area contributed by atoms with Gasteiger partial charge in [0.1, 0.15) is 5.54 Å². The Labute approximate surface area is 142 Å². The second-order valence-electron chi connectivity index (χ2n) is 8.49. The molecule has 3 rings (SSSR count). The van der Waals surface area contributed by atoms with Crippen LogP contribution in [0.15, 0.2) is 0 Å². The van der Waals surface area contributed by atoms with Crippen LogP contribution in [0, 0.1) is 16.2 Å². The molecule has 1 spiro atoms. The van der Waals surface area contributed by atoms with Gasteiger partial charge in [0, 0.05) is 13.1 Å². The van der Waals surface area contributed by atoms with Gasteiger partial charge in [0.25, 0.3) is 0 Å². The van der Waals surface area contributed by atoms with Gasteiger partial charge in [0.05, 0.1) is 6.67 Å². The molecule has 1 aliphatic carbocycles. The molecule has 2 aliphatic heterocycles. The van der Waals surface area contributed by atoms with Crippen molar-refractivity contribution in [3.05, 3.63) is 0 Å². The average Bonchev–Trinajstić information content (AvgIpc) is 2.71. The fraction of sp³-hybridized carbons (Fsp3) is 0.824. The van der Waals surface area contributed by atoms with E-state index in [4.69, 9.17) is 0 Å². The van der Waals surface area contributed by atoms with Crippen LogP contribution in [0.3, 0.4) is 0 Å². The van der Waals surface area contributed by atoms with E-state index in [1.54, 1.807) is 4.90 Å². The number of likely N-dealkylation sites (tertiary alicyclic amines) is 1. The number of carboxylic acids is 1. The van der Waals surface area contributed by atoms with E-state index in [9.17, 15) is 19.5 Å². The average molecular weight is 337 g/mol. The normalized spacial score (nSPS) is 29.4. The van der Waals surface area contributed by atoms with Gasteiger partial charge in [0.15, 0.2) is 5.41 Å². The Kier molecular flexibility index (Phi) is 3.38. The lowest BCUT2D eigenvalue weighted by Gasteiger charge is -2.42. The summed E-state index contributed by atoms with van der Waals surface area (Å²) in [5.74, 6) is -1.34. The lowest BCUT2D eigenvalue weighted by molar-refractivity contribution is -0.158. The van der Waals surface area contributed by atoms with Crippen molar-refractivity contribution in [2.75, 3.05) is 26.8 Å². The Hall–Kier alpha value is -1.63. The van der Waals surface area contributed by atoms with Crippen LogP contribution in [0.25, 0.3) is 0 Å². The topological polar surface area (TPSA) is 90.0 Å². The van der Waals surface area contributed by atoms with Gasteiger partial charge in [-0.25, -0.2) is 0 Å². The van der Waals surface area contributed by atoms with E-state index in [0.29, 0.717) is 32.6 Å². The summed E-state index contributed by atoms with van der Waals surface area (Å²) in [5, 5.41) is 12.7. The van der Waals surface area contributed by atoms with Crippen molar-refractivity contribution in [1.82, 2.24) is 15.1 Å². The number of carbonyl (C=O) groups excluding carboxylic acids is 2. The third-order valence-electron chi connectivity index (χ3n) is 7.52. The Balaban J connectivity index is 1.81. The summed E-state index contributed by atoms with van der Waals surface area (Å²) >= 11 is 0. The molecule has 2 amide bonds. The molecule has 2 N–H and O–H groups in total. The van der Waals surface area contributed by atoms with Crippen molar-refractivity contribution in [2.24, 2.45) is 16.2 Å². The molecule has 0 aromatic rings. The van der Waals surface area contributed by atoms with Crippen LogP contribution >= 0.6 is 0 Å². The molecular weight excluding hydrogens is 310 g/mol. The first-order valence-electron chi connectivity index (χ1n) is 8.49. The van der Waals surface area contributed by atoms with E-state index in [1.165, 1.54) is 0 Å². The largest absolute Gasteiger partial charge is 0.480 e. The number of piperidine rings is 1. The number of nitrogens with one attached hydrogen (secondary N) is 1. The SMILES string of the molecule is CN1CNC(=O)C12CCN(C(=O)C1(C(=O)O)C(C)(C)C1(C)C)CC2. The molecule has 24 heavy (non-hydrogen) atoms. The molecule has 0 atom stereocenters. The highest BCUT2D eigenvalue weighted by atomic mass is 16.4. The minimum atomic E-state index is -1.38. The molecule has 2 heterocycles. The molecule has 0 bridgehead atoms. The zero-order chi connectivity index (χ0) is 18.1. The van der Waals surface area contributed by atoms with Crippen LogP contribution in [0.1, 0.15) is 40.5 Å². The summed E-state index contributed by atoms with van der Waals surface area (Å²) in [6, 6.07) is 0. The third kappa shape index (κ3) is 1.64. The summed E-state index contributed by atoms with van der Waals surface area (Å²) < 4.78 is 0. The number of rotatable bonds is 2. The first-order chi connectivity index (χ1) is 11.0. The van der Waals surface area contributed by atoms with Crippen LogP contribution in [0.2, 0.25) is 0 Å². The van der Waals surface area contributed by atoms with Gasteiger partial charge in [-0.05, 0) is 30.7 Å². The number of nitrogens with zero attached hydrogens (tertiary/aromatic N) is 2. The van der Waals surface area contributed by atoms with Crippen molar-refractivity contribution in [3.8, 4) is 0 Å². The minimum Gasteiger partial charge on any atom is -0.480 e. The maximum Gasteiger partial charge on any atom is 0.320 e. The van der Waals surface area contributed by atoms with Gasteiger partial charge in [-0.3, -0.25) is 19.3 Å². The number of hydrogen-bond acceptors (Lipinski definition) is 4. The van der Waals surface area contributed by atoms with E-state index in [2.05, 4.69) is 5.32 Å². The summed E-state index contributed by atoms with van der Waals surface area (Å²) in [6.45, 7) is 8.75. The van der Waals surface area contributed by atoms with Gasteiger partial charge in [-0.1, -0.05) is 27.7 Å². The van der Waals surface area contributed by atoms with Crippen molar-refractivity contribution in [2.45, 2.75) is 46.1 Å². The standard InChI is InChI=1S/C17H27N3O4/c1-14(2)15(3,4)17(14,13(23)24)12(22)20-8-6-16(7-9-20)11(21)18-10-19(16)5/h6-10H2,1-5H3,(H,18,21)(H,23,24). The van der Waals surface area contributed by atoms with Gasteiger partial charge in [0.2, 0.25) is 11.8 Å². The van der Waals surface area contributed by atoms with Crippen LogP contribution in [-0.4, -0.2) is 65.0 Å². The molecular formula is C17H27N3O4. The van der Waals surface area contributed by atoms with E-state index in [1.807, 2.05) is 39.6 Å². The summed E-state index contributed by atoms with van der Waals surface area (Å²) in [7, 11) is 1.90. The van der Waals surface area contributed by atoms with E-state index < -0.39 is 27.8 Å². The fourth-order valence-electron chi connectivity index (χ4n) is 5.08. The maximum atomic E-state index is 13.2. The second kappa shape index (κ2) is 4.71. The number of carbonyl (C=O) groups is 3. The zero-order valence-electron chi connectivity index (χ0n) is 15.1. The van der Waals surface area contributed by atoms with Gasteiger partial charge in [-0.2, -0.15) is 0 Å². The van der Waals surface area contributed by atoms with Gasteiger partial charge in [-0.15, -0.1) is 0 Å². The van der Waals surface area contributed by atoms with Crippen LogP contribution < -0.4 is 5.32 Å². The molecule has 0 radical (unpaired) electrons. The summed E-state index contributed by atoms with van der Waals surface area (Å²) in [4.78, 5) is 41.0. The number of likely N-dealkylation sites (N-methyl/N-ethyl adjacent to an activating group) is 1. The number of amides is 2. The molecule has 134 valence electrons. The number of carboxylic acid groups (broad SMARTS) is 1. The molecule has 2 saturated heterocycles. The fourth-order valence-corrected chi connectivity index (χ4v) is 5.08. The molecule has 3 fully saturated rings. The first-order valence-corrected chi connectivity index (χ1v) is 8.49. The summed E-state index contributed by atoms with van der Waals surface area (Å²) in [6.07, 6.45) is 1.08. The highest BCUT2D eigenvalue weighted by Gasteiger charge is 2.86. The maximum absolute atomic E-state index is 13.2. The van der Waals surface area contributed by atoms with Crippen LogP contribution in [0.4, 0.5) is 0 Å². The predicted octanol–water partition coefficient (Wildman–Crippen LogP) is 0.504. The van der Waals surface area contributed by atoms with Gasteiger partial charge < -0.3 is 15.3 Å². The third-order valence-corrected chi connectivity index (χ3v) is 7.52. The van der Waals surface area contributed by atoms with Crippen LogP contribution in [0.5, 0.6) is 0 Å². The monoisotopic (exact) mass is 337 g/mol. The number of hydrogen-bond donors (Lipinski definition) is 2. The summed E-state index contributed by atoms with van der Waals surface area (Å²) in [5.41, 5.74) is -3.13. The molecule has 3 aliphatic rings. The van der Waals surface area contributed by atoms with Crippen molar-refractivity contribution in [3.63, 3.8) is 0 Å². The lowest BCUT2D eigenvalue weighted by Crippen LogP contribution is -2.57. The molecule has 1 saturated carbocycles. The molecule has 0 aromatic heterocycles. The quantitative estimate of drug-likeness (QED) is 0.717. The number of aliphatic carboxylic acids is 1. The van der Waals surface area contributed by atoms with Gasteiger partial charge >= 0.3 is 5.97 Å². The van der Waals surface area contributed by atoms with E-state index >= 15 is 0 Å². The van der Waals surface area contributed by atoms with E-state index in [-0.39, 0.29) is 11.8 Å². The van der Waals surface area contributed by atoms with Crippen molar-refractivity contribution >= 4 is 17.8 Å². The Bertz CT molecular complexity index is 603. The van der Waals surface area contributed by atoms with Crippen molar-refractivity contribution in [1.29, 1.82) is 0 Å². The smallest absolute Gasteiger partial charge is 0.320 e. The highest BCUT2D eigenvalue weighted by Crippen LogP contribution is 2.78. The predicted molar refractivity (Wildman–Crippen MR) is 86.9 cm³/mol. The Morgan fingerprint density at radius 3 is 1.92 bits per heavy atom. The first kappa shape index (κ1) is 17.2. The van der Waals surface area contributed by atoms with Crippen LogP contribution in [-0.2, 0) is 14.4 Å². The lowest BCUT2D eigenvalue weighted by atomic mass is 9.84. The molecule has 0 unspecified atom stereocenters. The van der Waals surface area contributed by atoms with Crippen molar-refractivity contribution < 1.29 is 19.5 Å². The Morgan fingerprint density at radius 1 is 1.08 bits per heavy atom. The second-order valence-corrected chi connectivity index (χ2v) is 8.49. The minimum absolute atomic E-state index is 0.0112. The van der Waals surface area contributed by atoms with E-state index in [0.717, 1.165) is 0 Å². The highest BCUT2D eigenvalue weighted by molar-refractivity contribution is 6.08. The molecule has 7 nitrogen and oxygen atoms in total. The Morgan fingerprint density at radius 2 is 1.58 bits per heavy atom. The molecule has 0 aromatic carbocycles. The zero-order valence-corrected chi connectivity index (χ0v) is 15.1. The molecule has 7 heteroatoms.